The van der Waals surface area contributed by atoms with Crippen LogP contribution < -0.4 is 54.1 Å². The molecule has 2 fully saturated rings. The molecule has 14 rings (SSSR count). The predicted octanol–water partition coefficient (Wildman–Crippen LogP) is 12.9. The van der Waals surface area contributed by atoms with Crippen LogP contribution in [0.3, 0.4) is 0 Å². The summed E-state index contributed by atoms with van der Waals surface area (Å²) in [5.41, 5.74) is 17.1. The van der Waals surface area contributed by atoms with Crippen molar-refractivity contribution in [3.05, 3.63) is 270 Å². The van der Waals surface area contributed by atoms with E-state index in [9.17, 15) is 38.4 Å². The molecule has 2 aliphatic heterocycles. The highest BCUT2D eigenvalue weighted by Gasteiger charge is 2.21. The molecule has 12 aromatic rings. The first-order chi connectivity index (χ1) is 47.1. The highest BCUT2D eigenvalue weighted by Crippen LogP contribution is 2.28. The molecule has 0 aliphatic carbocycles. The molecule has 0 spiro atoms. The maximum absolute atomic E-state index is 12.8. The topological polar surface area (TPSA) is 349 Å². The lowest BCUT2D eigenvalue weighted by Gasteiger charge is -2.20. The number of pyridine rings is 8. The Morgan fingerprint density at radius 2 is 0.755 bits per heavy atom. The van der Waals surface area contributed by atoms with E-state index in [0.717, 1.165) is 97.5 Å². The Morgan fingerprint density at radius 3 is 1.09 bits per heavy atom. The summed E-state index contributed by atoms with van der Waals surface area (Å²) in [5.74, 6) is -1.65. The van der Waals surface area contributed by atoms with Gasteiger partial charge in [-0.15, -0.1) is 0 Å². The molecule has 26 heteroatoms. The third-order valence-electron chi connectivity index (χ3n) is 15.5. The van der Waals surface area contributed by atoms with Gasteiger partial charge >= 0.3 is 5.97 Å². The molecule has 2 saturated heterocycles. The third-order valence-corrected chi connectivity index (χ3v) is 17.5. The number of carboxylic acids is 1. The Kier molecular flexibility index (Phi) is 24.6. The summed E-state index contributed by atoms with van der Waals surface area (Å²) in [6.07, 6.45) is 17.5. The quantitative estimate of drug-likeness (QED) is 0.0632. The lowest BCUT2D eigenvalue weighted by molar-refractivity contribution is 0.0694. The minimum Gasteiger partial charge on any atom is -0.478 e. The number of carbonyl (C=O) groups is 4. The second-order valence-electron chi connectivity index (χ2n) is 22.6. The zero-order valence-corrected chi connectivity index (χ0v) is 58.2. The van der Waals surface area contributed by atoms with Crippen LogP contribution in [0, 0.1) is 27.7 Å². The third kappa shape index (κ3) is 19.2. The van der Waals surface area contributed by atoms with E-state index in [0.29, 0.717) is 52.9 Å². The lowest BCUT2D eigenvalue weighted by atomic mass is 10.1. The molecule has 10 heterocycles. The average molecular weight is 1510 g/mol. The standard InChI is InChI=1S/C20H20N4O2.2C16H12BrN3O2.C10H10N2O.C6H4BrNO2.C4H9N/c1-13-10-19(25)23-17-5-4-14(11-15(13)17)22-20(26)16-12-21-7-6-18(16)24-8-2-3-9-24;2*1-9-6-15(21)20-14-3-2-10(7-11(9)14)19-16(22)12-8-18-5-4-13(12)17;1-6-4-10(13)12-9-3-2-7(11)5-8(6)9;7-5-1-2-8-3-4(5)6(9)10;1-2-4-5-3-1/h4-7,10-12H,2-3,8-9H2,1H3,(H,22,26)(H,23,25);2*2-8H,1H3,(H,19,22)(H,20,21);2-5H,11H2,1H3,(H,12,13);1-3H,(H,9,10);5H,1-4H2. The Labute approximate surface area is 585 Å². The molecule has 0 radical (unpaired) electrons. The number of nitrogens with one attached hydrogen (secondary N) is 8. The van der Waals surface area contributed by atoms with Crippen LogP contribution >= 0.6 is 47.8 Å². The fourth-order valence-electron chi connectivity index (χ4n) is 10.6. The Morgan fingerprint density at radius 1 is 0.429 bits per heavy atom. The molecule has 98 heavy (non-hydrogen) atoms. The Hall–Kier alpha value is -10.8. The fourth-order valence-corrected chi connectivity index (χ4v) is 11.8. The number of aryl methyl sites for hydroxylation is 4. The minimum atomic E-state index is -0.972. The van der Waals surface area contributed by atoms with Gasteiger partial charge in [0.25, 0.3) is 17.7 Å². The van der Waals surface area contributed by atoms with Crippen LogP contribution in [0.2, 0.25) is 0 Å². The highest BCUT2D eigenvalue weighted by molar-refractivity contribution is 9.11. The maximum atomic E-state index is 12.8. The van der Waals surface area contributed by atoms with E-state index in [4.69, 9.17) is 10.8 Å². The van der Waals surface area contributed by atoms with Gasteiger partial charge in [0, 0.05) is 167 Å². The normalized spacial score (nSPS) is 12.1. The van der Waals surface area contributed by atoms with Gasteiger partial charge in [0.1, 0.15) is 0 Å². The van der Waals surface area contributed by atoms with E-state index < -0.39 is 5.97 Å². The molecule has 500 valence electrons. The van der Waals surface area contributed by atoms with Gasteiger partial charge in [-0.1, -0.05) is 0 Å². The predicted molar refractivity (Wildman–Crippen MR) is 396 cm³/mol. The van der Waals surface area contributed by atoms with Crippen molar-refractivity contribution in [2.75, 3.05) is 52.8 Å². The second kappa shape index (κ2) is 33.7. The molecular formula is C72H67Br3N14O9. The summed E-state index contributed by atoms with van der Waals surface area (Å²) < 4.78 is 1.91. The van der Waals surface area contributed by atoms with Gasteiger partial charge in [0.2, 0.25) is 22.2 Å². The van der Waals surface area contributed by atoms with E-state index >= 15 is 0 Å². The second-order valence-corrected chi connectivity index (χ2v) is 25.2. The van der Waals surface area contributed by atoms with E-state index in [-0.39, 0.29) is 45.5 Å². The number of nitrogen functional groups attached to an aromatic ring is 1. The summed E-state index contributed by atoms with van der Waals surface area (Å²) in [5, 5.41) is 24.0. The number of benzene rings is 4. The van der Waals surface area contributed by atoms with Crippen LogP contribution in [-0.4, -0.2) is 94.8 Å². The van der Waals surface area contributed by atoms with Crippen molar-refractivity contribution in [2.45, 2.75) is 53.4 Å². The zero-order valence-electron chi connectivity index (χ0n) is 53.5. The summed E-state index contributed by atoms with van der Waals surface area (Å²) in [6.45, 7) is 11.9. The Bertz CT molecular complexity index is 5020. The summed E-state index contributed by atoms with van der Waals surface area (Å²) in [4.78, 5) is 122. The molecule has 0 unspecified atom stereocenters. The first-order valence-electron chi connectivity index (χ1n) is 30.7. The number of rotatable bonds is 8. The number of aromatic nitrogens is 8. The molecule has 4 aromatic carbocycles. The van der Waals surface area contributed by atoms with Crippen molar-refractivity contribution in [1.82, 2.24) is 45.2 Å². The van der Waals surface area contributed by atoms with Crippen LogP contribution in [-0.2, 0) is 0 Å². The summed E-state index contributed by atoms with van der Waals surface area (Å²) in [6, 6.07) is 34.8. The number of nitrogens with zero attached hydrogens (tertiary/aromatic N) is 5. The molecule has 8 aromatic heterocycles. The van der Waals surface area contributed by atoms with E-state index in [2.05, 4.69) is 114 Å². The number of anilines is 5. The molecule has 0 bridgehead atoms. The molecule has 11 N–H and O–H groups in total. The molecule has 23 nitrogen and oxygen atoms in total. The van der Waals surface area contributed by atoms with Gasteiger partial charge in [-0.25, -0.2) is 4.79 Å². The van der Waals surface area contributed by atoms with E-state index in [1.54, 1.807) is 91.5 Å². The highest BCUT2D eigenvalue weighted by atomic mass is 79.9. The summed E-state index contributed by atoms with van der Waals surface area (Å²) in [7, 11) is 0. The lowest BCUT2D eigenvalue weighted by Crippen LogP contribution is -2.23. The van der Waals surface area contributed by atoms with E-state index in [1.807, 2.05) is 70.2 Å². The van der Waals surface area contributed by atoms with Crippen LogP contribution in [0.5, 0.6) is 0 Å². The van der Waals surface area contributed by atoms with Crippen LogP contribution in [0.15, 0.2) is 203 Å². The minimum absolute atomic E-state index is 0.0743. The molecular weight excluding hydrogens is 1440 g/mol. The number of H-pyrrole nitrogens is 4. The number of fused-ring (bicyclic) bond motifs is 4. The monoisotopic (exact) mass is 1510 g/mol. The van der Waals surface area contributed by atoms with Gasteiger partial charge in [-0.05, 0) is 234 Å². The average Bonchev–Trinajstić information content (AvgIpc) is 0.898. The van der Waals surface area contributed by atoms with Crippen molar-refractivity contribution in [1.29, 1.82) is 0 Å². The number of halogens is 3. The van der Waals surface area contributed by atoms with Crippen molar-refractivity contribution in [2.24, 2.45) is 0 Å². The Balaban J connectivity index is 0.000000145. The van der Waals surface area contributed by atoms with Gasteiger partial charge in [-0.2, -0.15) is 0 Å². The number of carboxylic acid groups (broad SMARTS) is 1. The summed E-state index contributed by atoms with van der Waals surface area (Å²) >= 11 is 9.73. The van der Waals surface area contributed by atoms with Crippen LogP contribution in [0.4, 0.5) is 28.4 Å². The van der Waals surface area contributed by atoms with Crippen molar-refractivity contribution in [3.8, 4) is 0 Å². The first kappa shape index (κ1) is 71.5. The van der Waals surface area contributed by atoms with Gasteiger partial charge in [0.15, 0.2) is 0 Å². The maximum Gasteiger partial charge on any atom is 0.338 e. The number of carbonyl (C=O) groups excluding carboxylic acids is 3. The largest absolute Gasteiger partial charge is 0.478 e. The van der Waals surface area contributed by atoms with Crippen molar-refractivity contribution < 1.29 is 24.3 Å². The van der Waals surface area contributed by atoms with E-state index in [1.165, 1.54) is 62.9 Å². The van der Waals surface area contributed by atoms with Crippen LogP contribution in [0.25, 0.3) is 43.6 Å². The number of aromatic carboxylic acids is 1. The molecule has 2 aliphatic rings. The molecule has 0 saturated carbocycles. The van der Waals surface area contributed by atoms with Gasteiger partial charge in [0.05, 0.1) is 27.9 Å². The number of amides is 3. The zero-order chi connectivity index (χ0) is 70.0. The van der Waals surface area contributed by atoms with Crippen LogP contribution in [0.1, 0.15) is 89.4 Å². The fraction of sp³-hybridized carbons (Fsp3) is 0.167. The SMILES string of the molecule is C1CCNC1.Cc1cc(=O)[nH]c2ccc(N)cc12.Cc1cc(=O)[nH]c2ccc(NC(=O)c3cnccc3Br)cc12.Cc1cc(=O)[nH]c2ccc(NC(=O)c3cnccc3Br)cc12.Cc1cc(=O)[nH]c2ccc(NC(=O)c3cnccc3N3CCCC3)cc12.O=C(O)c1cnccc1Br. The first-order valence-corrected chi connectivity index (χ1v) is 33.1. The number of hydrogen-bond acceptors (Lipinski definition) is 15. The smallest absolute Gasteiger partial charge is 0.338 e. The molecule has 0 atom stereocenters. The van der Waals surface area contributed by atoms with Gasteiger partial charge < -0.3 is 56.9 Å². The van der Waals surface area contributed by atoms with Crippen molar-refractivity contribution in [3.63, 3.8) is 0 Å². The van der Waals surface area contributed by atoms with Crippen molar-refractivity contribution >= 4 is 144 Å². The van der Waals surface area contributed by atoms with Gasteiger partial charge in [-0.3, -0.25) is 53.5 Å². The number of aromatic amines is 4. The number of hydrogen-bond donors (Lipinski definition) is 10. The molecule has 3 amide bonds. The number of nitrogens with two attached hydrogens (primary N) is 1.